The lowest BCUT2D eigenvalue weighted by atomic mass is 10.0. The second kappa shape index (κ2) is 20.1. The van der Waals surface area contributed by atoms with Crippen LogP contribution in [0.25, 0.3) is 10.9 Å². The van der Waals surface area contributed by atoms with Crippen molar-refractivity contribution >= 4 is 59.0 Å². The molecule has 0 radical (unpaired) electrons. The Labute approximate surface area is 323 Å². The van der Waals surface area contributed by atoms with Crippen LogP contribution in [0.4, 0.5) is 0 Å². The Hall–Kier alpha value is -5.71. The van der Waals surface area contributed by atoms with Gasteiger partial charge in [0, 0.05) is 35.7 Å². The minimum Gasteiger partial charge on any atom is -0.480 e. The van der Waals surface area contributed by atoms with E-state index in [9.17, 15) is 39.0 Å². The van der Waals surface area contributed by atoms with Crippen LogP contribution in [-0.2, 0) is 48.0 Å². The zero-order chi connectivity index (χ0) is 40.1. The Bertz CT molecular complexity index is 1940. The van der Waals surface area contributed by atoms with Gasteiger partial charge >= 0.3 is 5.97 Å². The molecule has 0 aliphatic heterocycles. The molecule has 0 aliphatic carbocycles. The molecule has 0 saturated heterocycles. The van der Waals surface area contributed by atoms with Crippen LogP contribution in [-0.4, -0.2) is 98.8 Å². The van der Waals surface area contributed by atoms with E-state index in [0.717, 1.165) is 16.5 Å². The Balaban J connectivity index is 1.46. The van der Waals surface area contributed by atoms with Crippen molar-refractivity contribution in [3.05, 3.63) is 108 Å². The smallest absolute Gasteiger partial charge is 0.327 e. The van der Waals surface area contributed by atoms with Crippen molar-refractivity contribution in [2.24, 2.45) is 5.73 Å². The third-order valence-corrected chi connectivity index (χ3v) is 9.26. The largest absolute Gasteiger partial charge is 0.480 e. The first-order valence-electron chi connectivity index (χ1n) is 17.7. The van der Waals surface area contributed by atoms with E-state index in [4.69, 9.17) is 5.73 Å². The highest BCUT2D eigenvalue weighted by Crippen LogP contribution is 2.19. The first kappa shape index (κ1) is 42.0. The van der Waals surface area contributed by atoms with Crippen LogP contribution >= 0.6 is 12.6 Å². The number of fused-ring (bicyclic) bond motifs is 1. The quantitative estimate of drug-likeness (QED) is 0.0591. The number of hydrogen-bond acceptors (Lipinski definition) is 9. The van der Waals surface area contributed by atoms with Crippen LogP contribution in [0.5, 0.6) is 0 Å². The van der Waals surface area contributed by atoms with E-state index in [2.05, 4.69) is 44.2 Å². The van der Waals surface area contributed by atoms with E-state index in [1.807, 2.05) is 24.3 Å². The van der Waals surface area contributed by atoms with Crippen LogP contribution in [0.3, 0.4) is 0 Å². The van der Waals surface area contributed by atoms with Gasteiger partial charge in [-0.2, -0.15) is 12.6 Å². The molecule has 0 saturated carbocycles. The molecule has 0 fully saturated rings. The molecule has 15 nitrogen and oxygen atoms in total. The monoisotopic (exact) mass is 773 g/mol. The summed E-state index contributed by atoms with van der Waals surface area (Å²) in [5.41, 5.74) is 9.24. The number of aliphatic carboxylic acids is 1. The Morgan fingerprint density at radius 3 is 1.71 bits per heavy atom. The number of carboxylic acids is 1. The topological polar surface area (TPSA) is 245 Å². The molecule has 0 unspecified atom stereocenters. The number of benzene rings is 3. The summed E-state index contributed by atoms with van der Waals surface area (Å²) in [5.74, 6) is -5.34. The van der Waals surface area contributed by atoms with Crippen molar-refractivity contribution in [2.45, 2.75) is 75.5 Å². The summed E-state index contributed by atoms with van der Waals surface area (Å²) in [6.45, 7) is 2.69. The number of rotatable bonds is 19. The number of H-pyrrole nitrogens is 1. The number of nitrogens with two attached hydrogens (primary N) is 1. The Morgan fingerprint density at radius 1 is 0.655 bits per heavy atom. The van der Waals surface area contributed by atoms with Gasteiger partial charge in [0.25, 0.3) is 0 Å². The van der Waals surface area contributed by atoms with Crippen LogP contribution in [0.15, 0.2) is 91.1 Å². The summed E-state index contributed by atoms with van der Waals surface area (Å²) < 4.78 is 0. The second-order valence-electron chi connectivity index (χ2n) is 13.2. The van der Waals surface area contributed by atoms with Gasteiger partial charge in [-0.1, -0.05) is 78.9 Å². The molecule has 1 aromatic heterocycles. The molecule has 10 N–H and O–H groups in total. The van der Waals surface area contributed by atoms with Crippen molar-refractivity contribution in [3.8, 4) is 0 Å². The Kier molecular flexibility index (Phi) is 15.4. The minimum absolute atomic E-state index is 0.0164. The zero-order valence-electron chi connectivity index (χ0n) is 30.4. The highest BCUT2D eigenvalue weighted by molar-refractivity contribution is 7.80. The maximum absolute atomic E-state index is 13.7. The molecule has 0 aliphatic rings. The lowest BCUT2D eigenvalue weighted by molar-refractivity contribution is -0.141. The molecule has 0 bridgehead atoms. The number of aromatic nitrogens is 1. The highest BCUT2D eigenvalue weighted by atomic mass is 32.1. The number of aliphatic hydroxyl groups excluding tert-OH is 1. The number of carbonyl (C=O) groups is 6. The average molecular weight is 774 g/mol. The molecule has 0 spiro atoms. The number of para-hydroxylation sites is 1. The number of hydrogen-bond donors (Lipinski definition) is 10. The number of carboxylic acid groups (broad SMARTS) is 1. The van der Waals surface area contributed by atoms with Gasteiger partial charge in [-0.05, 0) is 43.0 Å². The SMILES string of the molecule is C[C@H](NC(=O)[C@H](Cc1ccccc1)NC(=O)[C@@H](NC(=O)[C@@H](N)Cc1c[nH]c2ccccc12)[C@@H](C)O)C(=O)N[C@@H](Cc1ccccc1)C(=O)N[C@@H](CS)C(=O)O. The predicted molar refractivity (Wildman–Crippen MR) is 209 cm³/mol. The third-order valence-electron chi connectivity index (χ3n) is 8.89. The fourth-order valence-electron chi connectivity index (χ4n) is 5.81. The lowest BCUT2D eigenvalue weighted by Gasteiger charge is -2.27. The molecule has 55 heavy (non-hydrogen) atoms. The van der Waals surface area contributed by atoms with Crippen LogP contribution in [0.2, 0.25) is 0 Å². The summed E-state index contributed by atoms with van der Waals surface area (Å²) in [5, 5.41) is 33.5. The number of nitrogens with one attached hydrogen (secondary N) is 6. The van der Waals surface area contributed by atoms with Gasteiger partial charge in [0.2, 0.25) is 29.5 Å². The number of thiol groups is 1. The van der Waals surface area contributed by atoms with E-state index < -0.39 is 77.9 Å². The number of aliphatic hydroxyl groups is 1. The van der Waals surface area contributed by atoms with Gasteiger partial charge in [-0.15, -0.1) is 0 Å². The van der Waals surface area contributed by atoms with Gasteiger partial charge < -0.3 is 47.5 Å². The van der Waals surface area contributed by atoms with Gasteiger partial charge in [0.15, 0.2) is 0 Å². The van der Waals surface area contributed by atoms with Crippen molar-refractivity contribution in [1.29, 1.82) is 0 Å². The normalized spacial score (nSPS) is 14.9. The molecular formula is C39H47N7O8S. The van der Waals surface area contributed by atoms with Crippen molar-refractivity contribution in [3.63, 3.8) is 0 Å². The number of aromatic amines is 1. The lowest BCUT2D eigenvalue weighted by Crippen LogP contribution is -2.61. The molecule has 16 heteroatoms. The number of amides is 5. The van der Waals surface area contributed by atoms with E-state index in [0.29, 0.717) is 11.1 Å². The number of carbonyl (C=O) groups excluding carboxylic acids is 5. The molecule has 1 heterocycles. The van der Waals surface area contributed by atoms with Gasteiger partial charge in [-0.3, -0.25) is 24.0 Å². The summed E-state index contributed by atoms with van der Waals surface area (Å²) in [6, 6.07) is 17.4. The zero-order valence-corrected chi connectivity index (χ0v) is 31.3. The molecule has 5 amide bonds. The van der Waals surface area contributed by atoms with Crippen LogP contribution in [0, 0.1) is 0 Å². The fraction of sp³-hybridized carbons (Fsp3) is 0.333. The molecular weight excluding hydrogens is 727 g/mol. The average Bonchev–Trinajstić information content (AvgIpc) is 3.57. The highest BCUT2D eigenvalue weighted by Gasteiger charge is 2.33. The van der Waals surface area contributed by atoms with Crippen LogP contribution < -0.4 is 32.3 Å². The molecule has 7 atom stereocenters. The van der Waals surface area contributed by atoms with Crippen molar-refractivity contribution in [1.82, 2.24) is 31.6 Å². The fourth-order valence-corrected chi connectivity index (χ4v) is 6.06. The summed E-state index contributed by atoms with van der Waals surface area (Å²) in [4.78, 5) is 81.9. The first-order chi connectivity index (χ1) is 26.3. The van der Waals surface area contributed by atoms with Gasteiger partial charge in [0.05, 0.1) is 12.1 Å². The minimum atomic E-state index is -1.49. The van der Waals surface area contributed by atoms with Crippen molar-refractivity contribution in [2.75, 3.05) is 5.75 Å². The van der Waals surface area contributed by atoms with E-state index in [-0.39, 0.29) is 25.0 Å². The van der Waals surface area contributed by atoms with E-state index in [1.165, 1.54) is 13.8 Å². The summed E-state index contributed by atoms with van der Waals surface area (Å²) >= 11 is 3.99. The standard InChI is InChI=1S/C39H47N7O8S/c1-22(34(48)43-31(18-25-13-7-4-8-14-25)37(51)45-32(21-55)39(53)54)42-36(50)30(17-24-11-5-3-6-12-24)44-38(52)33(23(2)47)46-35(49)28(40)19-26-20-41-29-16-10-9-15-27(26)29/h3-16,20,22-23,28,30-33,41,47,55H,17-19,21,40H2,1-2H3,(H,42,50)(H,43,48)(H,44,52)(H,45,51)(H,46,49)(H,53,54)/t22-,23+,28-,30-,31-,32-,33-/m0/s1. The third kappa shape index (κ3) is 12.1. The van der Waals surface area contributed by atoms with Gasteiger partial charge in [-0.25, -0.2) is 4.79 Å². The van der Waals surface area contributed by atoms with Gasteiger partial charge in [0.1, 0.15) is 30.2 Å². The molecule has 4 aromatic rings. The second-order valence-corrected chi connectivity index (χ2v) is 13.6. The Morgan fingerprint density at radius 2 is 1.16 bits per heavy atom. The maximum atomic E-state index is 13.7. The van der Waals surface area contributed by atoms with Crippen molar-refractivity contribution < 1.29 is 39.0 Å². The first-order valence-corrected chi connectivity index (χ1v) is 18.3. The van der Waals surface area contributed by atoms with E-state index >= 15 is 0 Å². The van der Waals surface area contributed by atoms with Crippen LogP contribution in [0.1, 0.15) is 30.5 Å². The summed E-state index contributed by atoms with van der Waals surface area (Å²) in [6.07, 6.45) is 0.508. The molecule has 4 rings (SSSR count). The van der Waals surface area contributed by atoms with E-state index in [1.54, 1.807) is 66.9 Å². The summed E-state index contributed by atoms with van der Waals surface area (Å²) in [7, 11) is 0. The molecule has 3 aromatic carbocycles. The maximum Gasteiger partial charge on any atom is 0.327 e. The molecule has 292 valence electrons. The predicted octanol–water partition coefficient (Wildman–Crippen LogP) is 0.362.